The van der Waals surface area contributed by atoms with Gasteiger partial charge < -0.3 is 19.8 Å². The van der Waals surface area contributed by atoms with Gasteiger partial charge in [0.25, 0.3) is 6.47 Å². The predicted molar refractivity (Wildman–Crippen MR) is 193 cm³/mol. The highest BCUT2D eigenvalue weighted by Crippen LogP contribution is 2.41. The van der Waals surface area contributed by atoms with E-state index < -0.39 is 0 Å². The third kappa shape index (κ3) is 9.68. The highest BCUT2D eigenvalue weighted by molar-refractivity contribution is 5.95. The lowest BCUT2D eigenvalue weighted by Crippen LogP contribution is -2.22. The summed E-state index contributed by atoms with van der Waals surface area (Å²) < 4.78 is 13.3. The molecule has 46 heavy (non-hydrogen) atoms. The average molecular weight is 629 g/mol. The molecule has 0 radical (unpaired) electrons. The van der Waals surface area contributed by atoms with Crippen LogP contribution in [0, 0.1) is 5.41 Å². The van der Waals surface area contributed by atoms with Crippen molar-refractivity contribution in [2.24, 2.45) is 11.3 Å². The largest absolute Gasteiger partial charge is 0.467 e. The van der Waals surface area contributed by atoms with Crippen molar-refractivity contribution in [3.05, 3.63) is 77.4 Å². The van der Waals surface area contributed by atoms with Gasteiger partial charge in [-0.2, -0.15) is 0 Å². The van der Waals surface area contributed by atoms with Crippen LogP contribution in [0.25, 0.3) is 33.3 Å². The van der Waals surface area contributed by atoms with Gasteiger partial charge in [0.15, 0.2) is 0 Å². The molecule has 0 unspecified atom stereocenters. The zero-order chi connectivity index (χ0) is 33.5. The van der Waals surface area contributed by atoms with Crippen LogP contribution in [-0.4, -0.2) is 31.3 Å². The Hall–Kier alpha value is -3.65. The topological polar surface area (TPSA) is 105 Å². The number of benzene rings is 3. The number of aryl methyl sites for hydroxylation is 2. The SMILES string of the molecule is CC.CCn1c(-c2ccccc2COC)c(CC(C)(C)COC=O)c2cc(-c3cc(N)cc(CCCCCCCNN)c3)ccc21. The zero-order valence-corrected chi connectivity index (χ0v) is 29.0. The number of unbranched alkanes of at least 4 members (excludes halogenated alkanes) is 4. The smallest absolute Gasteiger partial charge is 0.293 e. The second-order valence-corrected chi connectivity index (χ2v) is 12.6. The van der Waals surface area contributed by atoms with Gasteiger partial charge in [0.2, 0.25) is 0 Å². The number of methoxy groups -OCH3 is 1. The molecule has 0 fully saturated rings. The van der Waals surface area contributed by atoms with Crippen LogP contribution in [0.4, 0.5) is 5.69 Å². The molecule has 0 saturated carbocycles. The summed E-state index contributed by atoms with van der Waals surface area (Å²) in [6, 6.07) is 21.7. The van der Waals surface area contributed by atoms with Gasteiger partial charge in [-0.25, -0.2) is 0 Å². The molecule has 1 aromatic heterocycles. The molecule has 4 aromatic rings. The monoisotopic (exact) mass is 628 g/mol. The minimum atomic E-state index is -0.264. The molecule has 0 aliphatic carbocycles. The van der Waals surface area contributed by atoms with E-state index in [-0.39, 0.29) is 5.41 Å². The van der Waals surface area contributed by atoms with Crippen LogP contribution in [-0.2, 0) is 40.3 Å². The summed E-state index contributed by atoms with van der Waals surface area (Å²) in [7, 11) is 1.74. The molecule has 0 atom stereocenters. The summed E-state index contributed by atoms with van der Waals surface area (Å²) in [6.07, 6.45) is 7.63. The fourth-order valence-corrected chi connectivity index (χ4v) is 6.36. The Kier molecular flexibility index (Phi) is 14.8. The Bertz CT molecular complexity index is 1530. The number of nitrogen functional groups attached to an aromatic ring is 1. The number of nitrogens with zero attached hydrogens (tertiary/aromatic N) is 1. The number of nitrogens with one attached hydrogen (secondary N) is 1. The summed E-state index contributed by atoms with van der Waals surface area (Å²) in [4.78, 5) is 11.1. The first-order chi connectivity index (χ1) is 22.3. The van der Waals surface area contributed by atoms with Gasteiger partial charge in [0.1, 0.15) is 0 Å². The van der Waals surface area contributed by atoms with Gasteiger partial charge in [-0.3, -0.25) is 16.1 Å². The maximum Gasteiger partial charge on any atom is 0.293 e. The fraction of sp³-hybridized carbons (Fsp3) is 0.462. The highest BCUT2D eigenvalue weighted by atomic mass is 16.5. The number of carbonyl (C=O) groups excluding carboxylic acids is 1. The molecule has 0 amide bonds. The van der Waals surface area contributed by atoms with E-state index in [0.717, 1.165) is 61.2 Å². The van der Waals surface area contributed by atoms with Gasteiger partial charge in [0.05, 0.1) is 18.9 Å². The fourth-order valence-electron chi connectivity index (χ4n) is 6.36. The van der Waals surface area contributed by atoms with Crippen molar-refractivity contribution in [3.8, 4) is 22.4 Å². The molecule has 0 aliphatic rings. The molecule has 0 bridgehead atoms. The Morgan fingerprint density at radius 3 is 2.39 bits per heavy atom. The van der Waals surface area contributed by atoms with E-state index in [0.29, 0.717) is 19.7 Å². The average Bonchev–Trinajstić information content (AvgIpc) is 3.36. The molecule has 7 heteroatoms. The predicted octanol–water partition coefficient (Wildman–Crippen LogP) is 8.45. The van der Waals surface area contributed by atoms with Crippen LogP contribution in [0.3, 0.4) is 0 Å². The van der Waals surface area contributed by atoms with Crippen LogP contribution in [0.1, 0.15) is 83.4 Å². The minimum Gasteiger partial charge on any atom is -0.467 e. The Morgan fingerprint density at radius 1 is 0.935 bits per heavy atom. The van der Waals surface area contributed by atoms with Crippen molar-refractivity contribution in [2.75, 3.05) is 26.0 Å². The number of hydrazine groups is 1. The molecule has 1 heterocycles. The van der Waals surface area contributed by atoms with Crippen molar-refractivity contribution in [1.82, 2.24) is 9.99 Å². The van der Waals surface area contributed by atoms with Gasteiger partial charge in [-0.05, 0) is 84.7 Å². The first-order valence-corrected chi connectivity index (χ1v) is 16.9. The maximum atomic E-state index is 11.1. The number of aromatic nitrogens is 1. The van der Waals surface area contributed by atoms with Crippen LogP contribution in [0.2, 0.25) is 0 Å². The van der Waals surface area contributed by atoms with Crippen LogP contribution in [0.5, 0.6) is 0 Å². The molecule has 4 rings (SSSR count). The van der Waals surface area contributed by atoms with Crippen molar-refractivity contribution < 1.29 is 14.3 Å². The minimum absolute atomic E-state index is 0.264. The second-order valence-electron chi connectivity index (χ2n) is 12.6. The van der Waals surface area contributed by atoms with E-state index in [1.54, 1.807) is 7.11 Å². The van der Waals surface area contributed by atoms with Crippen molar-refractivity contribution in [3.63, 3.8) is 0 Å². The lowest BCUT2D eigenvalue weighted by Gasteiger charge is -2.24. The zero-order valence-electron chi connectivity index (χ0n) is 29.0. The molecule has 0 saturated heterocycles. The molecule has 3 aromatic carbocycles. The number of hydrogen-bond acceptors (Lipinski definition) is 6. The van der Waals surface area contributed by atoms with Gasteiger partial charge in [-0.15, -0.1) is 0 Å². The standard InChI is InChI=1S/C37H50N4O3.C2H6/c1-5-41-35-17-16-28(30-19-27(20-31(38)21-30)13-9-7-6-8-12-18-40-39)22-33(35)34(23-37(2,3)25-44-26-42)36(41)32-15-11-10-14-29(32)24-43-4;1-2/h10-11,14-17,19-22,26,40H,5-9,12-13,18,23-25,38-39H2,1-4H3;1-2H3. The molecule has 0 spiro atoms. The normalized spacial score (nSPS) is 11.4. The molecular formula is C39H56N4O3. The first kappa shape index (κ1) is 36.8. The molecule has 0 aliphatic heterocycles. The third-order valence-corrected chi connectivity index (χ3v) is 8.39. The van der Waals surface area contributed by atoms with E-state index in [1.807, 2.05) is 13.8 Å². The number of fused-ring (bicyclic) bond motifs is 1. The summed E-state index contributed by atoms with van der Waals surface area (Å²) in [5, 5.41) is 1.21. The first-order valence-electron chi connectivity index (χ1n) is 16.9. The summed E-state index contributed by atoms with van der Waals surface area (Å²) >= 11 is 0. The van der Waals surface area contributed by atoms with E-state index >= 15 is 0 Å². The van der Waals surface area contributed by atoms with Gasteiger partial charge >= 0.3 is 0 Å². The van der Waals surface area contributed by atoms with Crippen LogP contribution >= 0.6 is 0 Å². The summed E-state index contributed by atoms with van der Waals surface area (Å²) in [6.45, 7) is 13.6. The van der Waals surface area contributed by atoms with Crippen molar-refractivity contribution >= 4 is 23.1 Å². The van der Waals surface area contributed by atoms with Crippen molar-refractivity contribution in [1.29, 1.82) is 0 Å². The Balaban J connectivity index is 0.00000282. The summed E-state index contributed by atoms with van der Waals surface area (Å²) in [5.41, 5.74) is 19.2. The van der Waals surface area contributed by atoms with E-state index in [1.165, 1.54) is 52.5 Å². The number of ether oxygens (including phenoxy) is 2. The lowest BCUT2D eigenvalue weighted by atomic mass is 9.84. The molecule has 250 valence electrons. The molecule has 5 N–H and O–H groups in total. The number of hydrogen-bond donors (Lipinski definition) is 3. The Morgan fingerprint density at radius 2 is 1.67 bits per heavy atom. The summed E-state index contributed by atoms with van der Waals surface area (Å²) in [5.74, 6) is 5.38. The lowest BCUT2D eigenvalue weighted by molar-refractivity contribution is -0.131. The van der Waals surface area contributed by atoms with Gasteiger partial charge in [0, 0.05) is 47.8 Å². The van der Waals surface area contributed by atoms with Crippen molar-refractivity contribution in [2.45, 2.75) is 92.7 Å². The number of nitrogens with two attached hydrogens (primary N) is 2. The number of rotatable bonds is 18. The maximum absolute atomic E-state index is 11.1. The van der Waals surface area contributed by atoms with E-state index in [9.17, 15) is 4.79 Å². The Labute approximate surface area is 276 Å². The van der Waals surface area contributed by atoms with E-state index in [4.69, 9.17) is 21.1 Å². The van der Waals surface area contributed by atoms with Crippen LogP contribution < -0.4 is 17.0 Å². The molecule has 7 nitrogen and oxygen atoms in total. The number of anilines is 1. The molecular weight excluding hydrogens is 572 g/mol. The van der Waals surface area contributed by atoms with Gasteiger partial charge in [-0.1, -0.05) is 83.4 Å². The number of carbonyl (C=O) groups is 1. The quantitative estimate of drug-likeness (QED) is 0.0336. The van der Waals surface area contributed by atoms with E-state index in [2.05, 4.69) is 91.4 Å². The third-order valence-electron chi connectivity index (χ3n) is 8.39. The second kappa shape index (κ2) is 18.5. The highest BCUT2D eigenvalue weighted by Gasteiger charge is 2.27. The van der Waals surface area contributed by atoms with Crippen LogP contribution in [0.15, 0.2) is 60.7 Å².